The molecule has 0 amide bonds. The SMILES string of the molecule is CCOC(=O)/C=C/c1ccc(Cn2cc(C)c(=O)[nH]c2=O)cc1.CCOC(=O)CCc1ccc(Cn2cc(C)c(=O)[nH]c2=O)cc1.Cc1cn(Cc2ccc(/C=C/C(=O)O)cc2)c(=O)[nH]c1=O.Cc1cn(Cc2ccc(CCCC(=O)O)cc2)c(=O)[nH]c1=O.Cc1cn(Cc2ccc(CCCCCC(=O)O)cc2)c(=O)[nH]c1=O.O=C(O)CCCc1ccc(Cn2cc(Br)c(=O)[nH]c2=O)cc1. The van der Waals surface area contributed by atoms with Crippen molar-refractivity contribution < 1.29 is 58.7 Å². The van der Waals surface area contributed by atoms with Gasteiger partial charge in [0, 0.05) is 103 Å². The number of aromatic amines is 6. The van der Waals surface area contributed by atoms with Crippen LogP contribution in [0.25, 0.3) is 12.2 Å². The third kappa shape index (κ3) is 37.9. The molecule has 0 spiro atoms. The Balaban J connectivity index is 0.000000221. The summed E-state index contributed by atoms with van der Waals surface area (Å²) in [6, 6.07) is 45.5. The van der Waals surface area contributed by atoms with Crippen molar-refractivity contribution in [3.63, 3.8) is 0 Å². The van der Waals surface area contributed by atoms with Gasteiger partial charge in [-0.05, 0) is 195 Å². The molecule has 37 heteroatoms. The summed E-state index contributed by atoms with van der Waals surface area (Å²) in [6.45, 7) is 14.8. The van der Waals surface area contributed by atoms with Crippen LogP contribution in [0.3, 0.4) is 0 Å². The number of carboxylic acids is 4. The first-order valence-electron chi connectivity index (χ1n) is 42.9. The zero-order valence-electron chi connectivity index (χ0n) is 75.5. The Kier molecular flexibility index (Phi) is 42.6. The van der Waals surface area contributed by atoms with Crippen molar-refractivity contribution in [3.8, 4) is 0 Å². The molecule has 0 unspecified atom stereocenters. The maximum Gasteiger partial charge on any atom is 0.330 e. The number of carbonyl (C=O) groups excluding carboxylic acids is 2. The topological polar surface area (TPSA) is 531 Å². The standard InChI is InChI=1S/C18H22N2O4.C17H20N2O4.C17H18N2O4.C16H18N2O4.C15H15BrN2O4.C15H14N2O4/c1-13-11-20(18(24)19-17(13)23)12-15-9-7-14(8-10-15)5-3-2-4-6-16(21)22;2*1-3-23-15(20)9-8-13-4-6-14(7-5-13)11-19-10-12(2)16(21)18-17(19)22;1-11-9-18(16(22)17-15(11)21)10-13-7-5-12(6-8-13)3-2-4-14(19)20;16-12-9-18(15(22)17-14(12)21)8-11-6-4-10(5-7-11)2-1-3-13(19)20;1-10-8-17(15(21)16-14(10)20)9-12-4-2-11(3-5-12)6-7-13(18)19/h7-11H,2-6,12H2,1H3,(H,21,22)(H,19,23,24);4-7,10H,3,8-9,11H2,1-2H3,(H,18,21,22);4-10H,3,11H2,1-2H3,(H,18,21,22);5-9H,2-4,10H2,1H3,(H,19,20)(H,17,21,22);4-7,9H,1-3,8H2,(H,19,20)(H,17,21,22);2-8H,9H2,1H3,(H,18,19)(H,16,20,21)/b;;9-8+;;;7-6+. The molecule has 0 fully saturated rings. The summed E-state index contributed by atoms with van der Waals surface area (Å²) in [6.07, 6.45) is 22.4. The second-order valence-electron chi connectivity index (χ2n) is 31.1. The second-order valence-corrected chi connectivity index (χ2v) is 32.0. The number of hydrogen-bond donors (Lipinski definition) is 10. The Morgan fingerprint density at radius 3 is 0.822 bits per heavy atom. The molecule has 12 rings (SSSR count). The molecule has 12 aromatic rings. The first-order chi connectivity index (χ1) is 64.3. The van der Waals surface area contributed by atoms with Crippen LogP contribution in [0.4, 0.5) is 0 Å². The van der Waals surface area contributed by atoms with Crippen LogP contribution in [-0.4, -0.2) is 127 Å². The molecule has 0 aliphatic heterocycles. The molecule has 6 heterocycles. The van der Waals surface area contributed by atoms with E-state index in [0.29, 0.717) is 130 Å². The molecule has 0 saturated carbocycles. The first kappa shape index (κ1) is 106. The smallest absolute Gasteiger partial charge is 0.330 e. The third-order valence-corrected chi connectivity index (χ3v) is 20.8. The van der Waals surface area contributed by atoms with E-state index in [1.807, 2.05) is 121 Å². The quantitative estimate of drug-likeness (QED) is 0.0101. The number of esters is 2. The monoisotopic (exact) mass is 1910 g/mol. The van der Waals surface area contributed by atoms with Crippen LogP contribution < -0.4 is 67.5 Å². The highest BCUT2D eigenvalue weighted by Gasteiger charge is 2.13. The first-order valence-corrected chi connectivity index (χ1v) is 43.7. The van der Waals surface area contributed by atoms with E-state index in [2.05, 4.69) is 45.8 Å². The number of nitrogens with one attached hydrogen (secondary N) is 6. The zero-order valence-corrected chi connectivity index (χ0v) is 77.1. The van der Waals surface area contributed by atoms with Crippen molar-refractivity contribution in [2.45, 2.75) is 171 Å². The van der Waals surface area contributed by atoms with Gasteiger partial charge >= 0.3 is 70.0 Å². The van der Waals surface area contributed by atoms with Gasteiger partial charge in [-0.25, -0.2) is 38.4 Å². The lowest BCUT2D eigenvalue weighted by Gasteiger charge is -2.07. The largest absolute Gasteiger partial charge is 0.481 e. The molecule has 36 nitrogen and oxygen atoms in total. The number of halogens is 1. The lowest BCUT2D eigenvalue weighted by molar-refractivity contribution is -0.143. The molecule has 135 heavy (non-hydrogen) atoms. The van der Waals surface area contributed by atoms with Crippen LogP contribution in [0.2, 0.25) is 0 Å². The number of H-pyrrole nitrogens is 6. The highest BCUT2D eigenvalue weighted by molar-refractivity contribution is 9.10. The Morgan fingerprint density at radius 1 is 0.296 bits per heavy atom. The molecular weight excluding hydrogens is 1810 g/mol. The van der Waals surface area contributed by atoms with Gasteiger partial charge in [-0.2, -0.15) is 0 Å². The number of carboxylic acid groups (broad SMARTS) is 4. The lowest BCUT2D eigenvalue weighted by Crippen LogP contribution is -2.31. The minimum Gasteiger partial charge on any atom is -0.481 e. The summed E-state index contributed by atoms with van der Waals surface area (Å²) in [7, 11) is 0. The Hall–Kier alpha value is -15.8. The number of aryl methyl sites for hydroxylation is 9. The van der Waals surface area contributed by atoms with E-state index in [-0.39, 0.29) is 59.0 Å². The number of nitrogens with zero attached hydrogens (tertiary/aromatic N) is 6. The normalized spacial score (nSPS) is 10.7. The molecule has 0 radical (unpaired) electrons. The van der Waals surface area contributed by atoms with Crippen molar-refractivity contribution in [1.82, 2.24) is 57.3 Å². The highest BCUT2D eigenvalue weighted by atomic mass is 79.9. The Labute approximate surface area is 779 Å². The Bertz CT molecular complexity index is 6770. The zero-order chi connectivity index (χ0) is 98.8. The fraction of sp³-hybridized carbons (Fsp3) is 0.286. The number of ether oxygens (including phenoxy) is 2. The predicted octanol–water partition coefficient (Wildman–Crippen LogP) is 8.99. The van der Waals surface area contributed by atoms with Gasteiger partial charge in [0.05, 0.1) is 57.0 Å². The number of aromatic nitrogens is 12. The van der Waals surface area contributed by atoms with E-state index < -0.39 is 63.6 Å². The maximum atomic E-state index is 11.8. The predicted molar refractivity (Wildman–Crippen MR) is 511 cm³/mol. The van der Waals surface area contributed by atoms with Gasteiger partial charge in [-0.15, -0.1) is 0 Å². The van der Waals surface area contributed by atoms with Gasteiger partial charge < -0.3 is 29.9 Å². The molecule has 6 aromatic carbocycles. The van der Waals surface area contributed by atoms with Crippen molar-refractivity contribution in [1.29, 1.82) is 0 Å². The van der Waals surface area contributed by atoms with Crippen LogP contribution in [0, 0.1) is 34.6 Å². The molecule has 10 N–H and O–H groups in total. The van der Waals surface area contributed by atoms with Gasteiger partial charge in [-0.3, -0.25) is 105 Å². The molecule has 0 bridgehead atoms. The lowest BCUT2D eigenvalue weighted by atomic mass is 10.0. The van der Waals surface area contributed by atoms with Crippen LogP contribution in [0.5, 0.6) is 0 Å². The average molecular weight is 1920 g/mol. The molecule has 0 aliphatic rings. The number of carbonyl (C=O) groups is 6. The molecular formula is C98H107BrN12O24. The van der Waals surface area contributed by atoms with Gasteiger partial charge in [0.15, 0.2) is 0 Å². The highest BCUT2D eigenvalue weighted by Crippen LogP contribution is 2.16. The van der Waals surface area contributed by atoms with E-state index in [1.165, 1.54) is 63.7 Å². The van der Waals surface area contributed by atoms with Crippen molar-refractivity contribution in [2.75, 3.05) is 13.2 Å². The van der Waals surface area contributed by atoms with Crippen molar-refractivity contribution in [3.05, 3.63) is 419 Å². The molecule has 0 aliphatic carbocycles. The summed E-state index contributed by atoms with van der Waals surface area (Å²) in [5, 5.41) is 34.4. The third-order valence-electron chi connectivity index (χ3n) is 20.2. The minimum atomic E-state index is -1.01. The molecule has 6 aromatic heterocycles. The van der Waals surface area contributed by atoms with E-state index >= 15 is 0 Å². The maximum absolute atomic E-state index is 11.8. The van der Waals surface area contributed by atoms with Crippen LogP contribution in [-0.2, 0) is 103 Å². The van der Waals surface area contributed by atoms with E-state index in [4.69, 9.17) is 29.9 Å². The van der Waals surface area contributed by atoms with Crippen LogP contribution >= 0.6 is 15.9 Å². The van der Waals surface area contributed by atoms with Crippen LogP contribution in [0.15, 0.2) is 257 Å². The summed E-state index contributed by atoms with van der Waals surface area (Å²) in [5.41, 5.74) is 9.07. The molecule has 0 saturated heterocycles. The second kappa shape index (κ2) is 54.1. The van der Waals surface area contributed by atoms with Gasteiger partial charge in [0.1, 0.15) is 0 Å². The summed E-state index contributed by atoms with van der Waals surface area (Å²) in [5.74, 6) is -3.91. The summed E-state index contributed by atoms with van der Waals surface area (Å²) in [4.78, 5) is 216. The Morgan fingerprint density at radius 2 is 0.541 bits per heavy atom. The average Bonchev–Trinajstić information content (AvgIpc) is 0.856. The summed E-state index contributed by atoms with van der Waals surface area (Å²) >= 11 is 3.09. The fourth-order valence-corrected chi connectivity index (χ4v) is 13.2. The van der Waals surface area contributed by atoms with Crippen molar-refractivity contribution in [2.24, 2.45) is 0 Å². The number of aliphatic carboxylic acids is 4. The van der Waals surface area contributed by atoms with Crippen LogP contribution in [0.1, 0.15) is 166 Å². The number of benzene rings is 6. The van der Waals surface area contributed by atoms with Gasteiger partial charge in [0.25, 0.3) is 33.4 Å². The number of rotatable bonds is 35. The molecule has 710 valence electrons. The van der Waals surface area contributed by atoms with Crippen molar-refractivity contribution >= 4 is 63.9 Å². The van der Waals surface area contributed by atoms with Gasteiger partial charge in [-0.1, -0.05) is 152 Å². The minimum absolute atomic E-state index is 0.155. The van der Waals surface area contributed by atoms with E-state index in [1.54, 1.807) is 97.4 Å². The fourth-order valence-electron chi connectivity index (χ4n) is 12.8. The number of unbranched alkanes of at least 4 members (excludes halogenated alkanes) is 2. The van der Waals surface area contributed by atoms with E-state index in [9.17, 15) is 86.3 Å². The van der Waals surface area contributed by atoms with Gasteiger partial charge in [0.2, 0.25) is 0 Å². The van der Waals surface area contributed by atoms with E-state index in [0.717, 1.165) is 86.5 Å². The summed E-state index contributed by atoms with van der Waals surface area (Å²) < 4.78 is 18.7. The molecule has 0 atom stereocenters. The number of hydrogen-bond acceptors (Lipinski definition) is 20.